The fraction of sp³-hybridized carbons (Fsp3) is 0.286. The summed E-state index contributed by atoms with van der Waals surface area (Å²) in [5, 5.41) is 9.17. The Bertz CT molecular complexity index is 686. The number of rotatable bonds is 4. The molecule has 0 amide bonds. The number of halogens is 1. The number of ketones is 1. The normalized spacial score (nSPS) is 11.9. The van der Waals surface area contributed by atoms with E-state index in [2.05, 4.69) is 20.9 Å². The highest BCUT2D eigenvalue weighted by atomic mass is 79.9. The number of carbonyl (C=O) groups excluding carboxylic acids is 1. The summed E-state index contributed by atoms with van der Waals surface area (Å²) in [4.78, 5) is 17.6. The second-order valence-electron chi connectivity index (χ2n) is 4.32. The number of hydrogen-bond donors (Lipinski definition) is 1. The molecule has 1 aromatic carbocycles. The standard InChI is InChI=1S/C14H15BrN2O2S/c1-9-13(10(2)19)20-14(17(9)7-8-18)16-12-5-3-11(15)4-6-12/h3-6,18H,7-8H2,1-2H3/b16-14-. The molecule has 1 N–H and O–H groups in total. The Morgan fingerprint density at radius 2 is 2.05 bits per heavy atom. The van der Waals surface area contributed by atoms with Crippen molar-refractivity contribution < 1.29 is 9.90 Å². The van der Waals surface area contributed by atoms with Crippen LogP contribution in [-0.4, -0.2) is 22.1 Å². The van der Waals surface area contributed by atoms with E-state index in [1.54, 1.807) is 6.92 Å². The summed E-state index contributed by atoms with van der Waals surface area (Å²) < 4.78 is 2.87. The Morgan fingerprint density at radius 3 is 2.60 bits per heavy atom. The SMILES string of the molecule is CC(=O)c1s/c(=N\c2ccc(Br)cc2)n(CCO)c1C. The number of carbonyl (C=O) groups is 1. The van der Waals surface area contributed by atoms with Gasteiger partial charge < -0.3 is 9.67 Å². The van der Waals surface area contributed by atoms with E-state index < -0.39 is 0 Å². The van der Waals surface area contributed by atoms with Gasteiger partial charge >= 0.3 is 0 Å². The molecule has 1 aromatic heterocycles. The molecule has 0 spiro atoms. The van der Waals surface area contributed by atoms with Crippen molar-refractivity contribution in [2.45, 2.75) is 20.4 Å². The molecule has 6 heteroatoms. The summed E-state index contributed by atoms with van der Waals surface area (Å²) >= 11 is 4.74. The Balaban J connectivity index is 2.57. The van der Waals surface area contributed by atoms with Crippen LogP contribution in [0, 0.1) is 6.92 Å². The molecule has 1 heterocycles. The minimum atomic E-state index is 0.0163. The summed E-state index contributed by atoms with van der Waals surface area (Å²) in [5.74, 6) is 0.0245. The van der Waals surface area contributed by atoms with Crippen LogP contribution in [0.2, 0.25) is 0 Å². The van der Waals surface area contributed by atoms with Gasteiger partial charge in [0.25, 0.3) is 0 Å². The van der Waals surface area contributed by atoms with Crippen molar-refractivity contribution >= 4 is 38.7 Å². The number of aliphatic hydroxyl groups excluding tert-OH is 1. The fourth-order valence-electron chi connectivity index (χ4n) is 1.89. The third kappa shape index (κ3) is 3.26. The first-order valence-electron chi connectivity index (χ1n) is 6.15. The van der Waals surface area contributed by atoms with Crippen molar-refractivity contribution in [1.82, 2.24) is 4.57 Å². The number of nitrogens with zero attached hydrogens (tertiary/aromatic N) is 2. The van der Waals surface area contributed by atoms with Crippen molar-refractivity contribution in [2.75, 3.05) is 6.61 Å². The summed E-state index contributed by atoms with van der Waals surface area (Å²) in [6, 6.07) is 7.63. The van der Waals surface area contributed by atoms with E-state index >= 15 is 0 Å². The molecule has 0 aliphatic heterocycles. The van der Waals surface area contributed by atoms with Crippen LogP contribution >= 0.6 is 27.3 Å². The molecule has 0 saturated carbocycles. The van der Waals surface area contributed by atoms with E-state index in [1.807, 2.05) is 35.8 Å². The molecule has 20 heavy (non-hydrogen) atoms. The first-order valence-corrected chi connectivity index (χ1v) is 7.76. The molecule has 2 aromatic rings. The zero-order chi connectivity index (χ0) is 14.7. The predicted octanol–water partition coefficient (Wildman–Crippen LogP) is 3.05. The second-order valence-corrected chi connectivity index (χ2v) is 6.21. The summed E-state index contributed by atoms with van der Waals surface area (Å²) in [6.07, 6.45) is 0. The molecule has 0 saturated heterocycles. The molecule has 0 aliphatic rings. The fourth-order valence-corrected chi connectivity index (χ4v) is 3.22. The van der Waals surface area contributed by atoms with E-state index in [-0.39, 0.29) is 12.4 Å². The minimum absolute atomic E-state index is 0.0163. The van der Waals surface area contributed by atoms with Crippen LogP contribution in [0.4, 0.5) is 5.69 Å². The zero-order valence-electron chi connectivity index (χ0n) is 11.3. The smallest absolute Gasteiger partial charge is 0.190 e. The number of benzene rings is 1. The van der Waals surface area contributed by atoms with E-state index in [4.69, 9.17) is 5.11 Å². The molecule has 0 fully saturated rings. The van der Waals surface area contributed by atoms with Gasteiger partial charge in [-0.1, -0.05) is 27.3 Å². The largest absolute Gasteiger partial charge is 0.395 e. The van der Waals surface area contributed by atoms with Crippen LogP contribution in [0.1, 0.15) is 22.3 Å². The first kappa shape index (κ1) is 15.2. The van der Waals surface area contributed by atoms with Crippen molar-refractivity contribution in [3.05, 3.63) is 44.1 Å². The lowest BCUT2D eigenvalue weighted by Gasteiger charge is -2.03. The summed E-state index contributed by atoms with van der Waals surface area (Å²) in [7, 11) is 0. The number of aliphatic hydroxyl groups is 1. The van der Waals surface area contributed by atoms with Crippen LogP contribution in [0.25, 0.3) is 0 Å². The predicted molar refractivity (Wildman–Crippen MR) is 83.5 cm³/mol. The van der Waals surface area contributed by atoms with Gasteiger partial charge in [-0.25, -0.2) is 4.99 Å². The second kappa shape index (κ2) is 6.47. The van der Waals surface area contributed by atoms with Crippen LogP contribution in [0.15, 0.2) is 33.7 Å². The van der Waals surface area contributed by atoms with Crippen molar-refractivity contribution in [1.29, 1.82) is 0 Å². The molecule has 0 unspecified atom stereocenters. The maximum absolute atomic E-state index is 11.6. The van der Waals surface area contributed by atoms with Crippen LogP contribution in [-0.2, 0) is 6.54 Å². The molecule has 2 rings (SSSR count). The Kier molecular flexibility index (Phi) is 4.91. The Labute approximate surface area is 129 Å². The maximum Gasteiger partial charge on any atom is 0.190 e. The van der Waals surface area contributed by atoms with Gasteiger partial charge in [-0.05, 0) is 31.2 Å². The molecule has 106 valence electrons. The number of Topliss-reactive ketones (excluding diaryl/α,β-unsaturated/α-hetero) is 1. The Hall–Kier alpha value is -1.24. The van der Waals surface area contributed by atoms with E-state index in [9.17, 15) is 4.79 Å². The van der Waals surface area contributed by atoms with Crippen molar-refractivity contribution in [2.24, 2.45) is 4.99 Å². The quantitative estimate of drug-likeness (QED) is 0.857. The number of hydrogen-bond acceptors (Lipinski definition) is 4. The van der Waals surface area contributed by atoms with Crippen LogP contribution in [0.5, 0.6) is 0 Å². The summed E-state index contributed by atoms with van der Waals surface area (Å²) in [6.45, 7) is 3.88. The minimum Gasteiger partial charge on any atom is -0.395 e. The van der Waals surface area contributed by atoms with Gasteiger partial charge in [0.1, 0.15) is 0 Å². The van der Waals surface area contributed by atoms with Gasteiger partial charge in [0.05, 0.1) is 17.2 Å². The topological polar surface area (TPSA) is 54.6 Å². The third-order valence-electron chi connectivity index (χ3n) is 2.85. The molecular formula is C14H15BrN2O2S. The highest BCUT2D eigenvalue weighted by Crippen LogP contribution is 2.18. The molecule has 0 atom stereocenters. The average molecular weight is 355 g/mol. The Morgan fingerprint density at radius 1 is 1.40 bits per heavy atom. The highest BCUT2D eigenvalue weighted by molar-refractivity contribution is 9.10. The molecule has 0 bridgehead atoms. The van der Waals surface area contributed by atoms with Gasteiger partial charge in [-0.2, -0.15) is 0 Å². The summed E-state index contributed by atoms with van der Waals surface area (Å²) in [5.41, 5.74) is 1.67. The van der Waals surface area contributed by atoms with Gasteiger partial charge in [-0.3, -0.25) is 4.79 Å². The highest BCUT2D eigenvalue weighted by Gasteiger charge is 2.12. The van der Waals surface area contributed by atoms with Crippen molar-refractivity contribution in [3.63, 3.8) is 0 Å². The third-order valence-corrected chi connectivity index (χ3v) is 4.66. The average Bonchev–Trinajstić information content (AvgIpc) is 2.71. The number of thiazole rings is 1. The maximum atomic E-state index is 11.6. The molecular weight excluding hydrogens is 340 g/mol. The van der Waals surface area contributed by atoms with E-state index in [0.29, 0.717) is 11.4 Å². The van der Waals surface area contributed by atoms with Gasteiger partial charge in [0.15, 0.2) is 10.6 Å². The molecule has 4 nitrogen and oxygen atoms in total. The number of aromatic nitrogens is 1. The van der Waals surface area contributed by atoms with Crippen LogP contribution in [0.3, 0.4) is 0 Å². The lowest BCUT2D eigenvalue weighted by molar-refractivity contribution is 0.102. The molecule has 0 radical (unpaired) electrons. The van der Waals surface area contributed by atoms with Crippen LogP contribution < -0.4 is 4.80 Å². The zero-order valence-corrected chi connectivity index (χ0v) is 13.7. The van der Waals surface area contributed by atoms with Gasteiger partial charge in [0, 0.05) is 23.6 Å². The van der Waals surface area contributed by atoms with Gasteiger partial charge in [0.2, 0.25) is 0 Å². The lowest BCUT2D eigenvalue weighted by Crippen LogP contribution is -2.18. The van der Waals surface area contributed by atoms with E-state index in [0.717, 1.165) is 20.7 Å². The monoisotopic (exact) mass is 354 g/mol. The lowest BCUT2D eigenvalue weighted by atomic mass is 10.3. The van der Waals surface area contributed by atoms with E-state index in [1.165, 1.54) is 11.3 Å². The first-order chi connectivity index (χ1) is 9.52. The van der Waals surface area contributed by atoms with Gasteiger partial charge in [-0.15, -0.1) is 0 Å². The van der Waals surface area contributed by atoms with Crippen molar-refractivity contribution in [3.8, 4) is 0 Å². The molecule has 0 aliphatic carbocycles.